The molecule has 0 amide bonds. The van der Waals surface area contributed by atoms with Crippen LogP contribution in [0.25, 0.3) is 0 Å². The molecule has 27 heavy (non-hydrogen) atoms. The largest absolute Gasteiger partial charge is 0.378 e. The van der Waals surface area contributed by atoms with Crippen molar-refractivity contribution < 1.29 is 0 Å². The van der Waals surface area contributed by atoms with Crippen LogP contribution in [0.1, 0.15) is 36.6 Å². The van der Waals surface area contributed by atoms with Gasteiger partial charge in [0.25, 0.3) is 0 Å². The first-order chi connectivity index (χ1) is 12.8. The zero-order chi connectivity index (χ0) is 20.0. The molecule has 1 aromatic carbocycles. The van der Waals surface area contributed by atoms with E-state index in [4.69, 9.17) is 0 Å². The summed E-state index contributed by atoms with van der Waals surface area (Å²) >= 11 is 0. The molecule has 0 aliphatic rings. The van der Waals surface area contributed by atoms with Crippen LogP contribution < -0.4 is 10.2 Å². The predicted molar refractivity (Wildman–Crippen MR) is 115 cm³/mol. The molecule has 6 heteroatoms. The fourth-order valence-electron chi connectivity index (χ4n) is 3.16. The van der Waals surface area contributed by atoms with Gasteiger partial charge in [-0.3, -0.25) is 9.67 Å². The monoisotopic (exact) mass is 370 g/mol. The molecule has 0 aliphatic carbocycles. The lowest BCUT2D eigenvalue weighted by molar-refractivity contribution is 0.474. The van der Waals surface area contributed by atoms with Gasteiger partial charge in [0.15, 0.2) is 5.96 Å². The van der Waals surface area contributed by atoms with Crippen molar-refractivity contribution in [3.8, 4) is 0 Å². The standard InChI is InChI=1S/C21H34N6/c1-16(2)20-18(15-27(7)24-20)14-26(6)21(22-3)23-13-12-17-8-10-19(11-9-17)25(4)5/h8-11,15-16H,12-14H2,1-7H3,(H,22,23). The zero-order valence-electron chi connectivity index (χ0n) is 17.8. The summed E-state index contributed by atoms with van der Waals surface area (Å²) in [6.45, 7) is 6.00. The number of aromatic nitrogens is 2. The van der Waals surface area contributed by atoms with E-state index in [1.54, 1.807) is 0 Å². The van der Waals surface area contributed by atoms with Gasteiger partial charge in [-0.25, -0.2) is 0 Å². The van der Waals surface area contributed by atoms with Gasteiger partial charge in [0.2, 0.25) is 0 Å². The third-order valence-electron chi connectivity index (χ3n) is 4.61. The summed E-state index contributed by atoms with van der Waals surface area (Å²) in [6, 6.07) is 8.69. The fourth-order valence-corrected chi connectivity index (χ4v) is 3.16. The number of nitrogens with one attached hydrogen (secondary N) is 1. The van der Waals surface area contributed by atoms with Crippen LogP contribution >= 0.6 is 0 Å². The van der Waals surface area contributed by atoms with E-state index < -0.39 is 0 Å². The molecule has 148 valence electrons. The molecule has 0 spiro atoms. The predicted octanol–water partition coefficient (Wildman–Crippen LogP) is 2.86. The van der Waals surface area contributed by atoms with E-state index in [0.29, 0.717) is 5.92 Å². The lowest BCUT2D eigenvalue weighted by atomic mass is 10.1. The summed E-state index contributed by atoms with van der Waals surface area (Å²) in [6.07, 6.45) is 3.07. The quantitative estimate of drug-likeness (QED) is 0.601. The molecular weight excluding hydrogens is 336 g/mol. The van der Waals surface area contributed by atoms with E-state index in [0.717, 1.165) is 31.2 Å². The summed E-state index contributed by atoms with van der Waals surface area (Å²) < 4.78 is 1.89. The lowest BCUT2D eigenvalue weighted by Crippen LogP contribution is -2.39. The van der Waals surface area contributed by atoms with Crippen LogP contribution in [-0.4, -0.2) is 55.4 Å². The van der Waals surface area contributed by atoms with Crippen LogP contribution in [0.5, 0.6) is 0 Å². The molecule has 1 N–H and O–H groups in total. The molecular formula is C21H34N6. The first-order valence-corrected chi connectivity index (χ1v) is 9.52. The van der Waals surface area contributed by atoms with Gasteiger partial charge in [-0.15, -0.1) is 0 Å². The summed E-state index contributed by atoms with van der Waals surface area (Å²) in [5.74, 6) is 1.31. The Morgan fingerprint density at radius 1 is 1.19 bits per heavy atom. The minimum Gasteiger partial charge on any atom is -0.378 e. The maximum atomic E-state index is 4.60. The Morgan fingerprint density at radius 2 is 1.85 bits per heavy atom. The molecule has 0 bridgehead atoms. The molecule has 6 nitrogen and oxygen atoms in total. The van der Waals surface area contributed by atoms with Gasteiger partial charge in [-0.2, -0.15) is 5.10 Å². The van der Waals surface area contributed by atoms with Gasteiger partial charge >= 0.3 is 0 Å². The van der Waals surface area contributed by atoms with Crippen LogP contribution in [0.2, 0.25) is 0 Å². The van der Waals surface area contributed by atoms with E-state index in [1.165, 1.54) is 16.8 Å². The SMILES string of the molecule is CN=C(NCCc1ccc(N(C)C)cc1)N(C)Cc1cn(C)nc1C(C)C. The van der Waals surface area contributed by atoms with Crippen molar-refractivity contribution in [1.82, 2.24) is 20.0 Å². The molecule has 2 aromatic rings. The molecule has 1 aromatic heterocycles. The fraction of sp³-hybridized carbons (Fsp3) is 0.524. The van der Waals surface area contributed by atoms with Crippen molar-refractivity contribution in [2.45, 2.75) is 32.7 Å². The van der Waals surface area contributed by atoms with E-state index in [2.05, 4.69) is 90.7 Å². The van der Waals surface area contributed by atoms with Gasteiger partial charge in [-0.05, 0) is 30.0 Å². The highest BCUT2D eigenvalue weighted by atomic mass is 15.3. The third-order valence-corrected chi connectivity index (χ3v) is 4.61. The Labute approximate surface area is 163 Å². The van der Waals surface area contributed by atoms with Gasteiger partial charge in [0.05, 0.1) is 5.69 Å². The molecule has 0 aliphatic heterocycles. The first-order valence-electron chi connectivity index (χ1n) is 9.52. The van der Waals surface area contributed by atoms with E-state index in [1.807, 2.05) is 18.8 Å². The zero-order valence-corrected chi connectivity index (χ0v) is 17.8. The Morgan fingerprint density at radius 3 is 2.41 bits per heavy atom. The van der Waals surface area contributed by atoms with E-state index in [9.17, 15) is 0 Å². The van der Waals surface area contributed by atoms with Gasteiger partial charge in [-0.1, -0.05) is 26.0 Å². The number of nitrogens with zero attached hydrogens (tertiary/aromatic N) is 5. The Hall–Kier alpha value is -2.50. The average Bonchev–Trinajstić information content (AvgIpc) is 2.99. The van der Waals surface area contributed by atoms with Crippen molar-refractivity contribution in [2.24, 2.45) is 12.0 Å². The van der Waals surface area contributed by atoms with Crippen molar-refractivity contribution in [3.63, 3.8) is 0 Å². The first kappa shape index (κ1) is 20.8. The Bertz CT molecular complexity index is 743. The smallest absolute Gasteiger partial charge is 0.193 e. The average molecular weight is 371 g/mol. The van der Waals surface area contributed by atoms with Crippen molar-refractivity contribution in [1.29, 1.82) is 0 Å². The number of hydrogen-bond acceptors (Lipinski definition) is 3. The Kier molecular flexibility index (Phi) is 7.28. The van der Waals surface area contributed by atoms with Crippen molar-refractivity contribution in [3.05, 3.63) is 47.3 Å². The highest BCUT2D eigenvalue weighted by Crippen LogP contribution is 2.18. The topological polar surface area (TPSA) is 48.7 Å². The van der Waals surface area contributed by atoms with E-state index in [-0.39, 0.29) is 0 Å². The number of aliphatic imine (C=N–C) groups is 1. The molecule has 0 unspecified atom stereocenters. The number of hydrogen-bond donors (Lipinski definition) is 1. The van der Waals surface area contributed by atoms with Crippen LogP contribution in [0.15, 0.2) is 35.5 Å². The summed E-state index contributed by atoms with van der Waals surface area (Å²) in [5, 5.41) is 8.06. The number of guanidine groups is 1. The second kappa shape index (κ2) is 9.44. The molecule has 0 fully saturated rings. The minimum absolute atomic E-state index is 0.412. The normalized spacial score (nSPS) is 11.8. The second-order valence-electron chi connectivity index (χ2n) is 7.51. The summed E-state index contributed by atoms with van der Waals surface area (Å²) in [7, 11) is 9.99. The Balaban J connectivity index is 1.91. The van der Waals surface area contributed by atoms with Crippen LogP contribution in [0.3, 0.4) is 0 Å². The highest BCUT2D eigenvalue weighted by molar-refractivity contribution is 5.79. The molecule has 0 radical (unpaired) electrons. The molecule has 1 heterocycles. The summed E-state index contributed by atoms with van der Waals surface area (Å²) in [4.78, 5) is 8.70. The minimum atomic E-state index is 0.412. The molecule has 2 rings (SSSR count). The maximum absolute atomic E-state index is 4.60. The second-order valence-corrected chi connectivity index (χ2v) is 7.51. The van der Waals surface area contributed by atoms with Crippen LogP contribution in [0.4, 0.5) is 5.69 Å². The molecule has 0 saturated carbocycles. The van der Waals surface area contributed by atoms with Gasteiger partial charge in [0.1, 0.15) is 0 Å². The van der Waals surface area contributed by atoms with Crippen molar-refractivity contribution in [2.75, 3.05) is 39.6 Å². The number of rotatable bonds is 7. The van der Waals surface area contributed by atoms with E-state index >= 15 is 0 Å². The lowest BCUT2D eigenvalue weighted by Gasteiger charge is -2.22. The van der Waals surface area contributed by atoms with Crippen molar-refractivity contribution >= 4 is 11.6 Å². The number of aryl methyl sites for hydroxylation is 1. The molecule has 0 saturated heterocycles. The van der Waals surface area contributed by atoms with Crippen LogP contribution in [0, 0.1) is 0 Å². The number of anilines is 1. The van der Waals surface area contributed by atoms with Gasteiger partial charge in [0, 0.05) is 65.8 Å². The number of benzene rings is 1. The molecule has 0 atom stereocenters. The highest BCUT2D eigenvalue weighted by Gasteiger charge is 2.15. The maximum Gasteiger partial charge on any atom is 0.193 e. The summed E-state index contributed by atoms with van der Waals surface area (Å²) in [5.41, 5.74) is 4.94. The third kappa shape index (κ3) is 5.74. The van der Waals surface area contributed by atoms with Crippen LogP contribution in [-0.2, 0) is 20.0 Å². The van der Waals surface area contributed by atoms with Gasteiger partial charge < -0.3 is 15.1 Å².